The van der Waals surface area contributed by atoms with E-state index >= 15 is 0 Å². The number of allylic oxidation sites excluding steroid dienone is 4. The Balaban J connectivity index is -0.00000110. The molecule has 0 aliphatic heterocycles. The normalized spacial score (nSPS) is 13.4. The third-order valence-corrected chi connectivity index (χ3v) is 7.87. The van der Waals surface area contributed by atoms with Crippen LogP contribution in [0.15, 0.2) is 41.1 Å². The molecule has 0 N–H and O–H groups in total. The predicted octanol–water partition coefficient (Wildman–Crippen LogP) is -4.28. The topological polar surface area (TPSA) is 0 Å². The summed E-state index contributed by atoms with van der Waals surface area (Å²) in [5.41, 5.74) is 2.92. The van der Waals surface area contributed by atoms with Gasteiger partial charge in [0.15, 0.2) is 0 Å². The van der Waals surface area contributed by atoms with E-state index in [0.717, 1.165) is 12.8 Å². The van der Waals surface area contributed by atoms with E-state index in [9.17, 15) is 0 Å². The standard InChI is InChI=1S/C18H27Si2.3ClH.Ti/c1-19(2,3)17-9-7-8-15(13-17)12-16-10-11-18(14-16)20(4,5)6;;;;/h7-9,11,13H,10,12H2,1-6H3;3*1H;/q-1;;;;+4/p-3. The number of benzene rings is 1. The molecule has 1 aromatic rings. The molecule has 0 spiro atoms. The largest absolute Gasteiger partial charge is 4.00 e. The van der Waals surface area contributed by atoms with E-state index in [4.69, 9.17) is 0 Å². The zero-order chi connectivity index (χ0) is 15.0. The van der Waals surface area contributed by atoms with E-state index in [-0.39, 0.29) is 58.9 Å². The van der Waals surface area contributed by atoms with E-state index < -0.39 is 16.1 Å². The van der Waals surface area contributed by atoms with E-state index in [2.05, 4.69) is 75.7 Å². The molecule has 0 heterocycles. The van der Waals surface area contributed by atoms with Crippen LogP contribution in [-0.2, 0) is 28.1 Å². The average Bonchev–Trinajstić information content (AvgIpc) is 2.76. The minimum Gasteiger partial charge on any atom is -1.00 e. The van der Waals surface area contributed by atoms with Crippen molar-refractivity contribution in [3.05, 3.63) is 52.8 Å². The van der Waals surface area contributed by atoms with Crippen molar-refractivity contribution in [1.82, 2.24) is 0 Å². The van der Waals surface area contributed by atoms with Crippen molar-refractivity contribution in [2.45, 2.75) is 52.1 Å². The summed E-state index contributed by atoms with van der Waals surface area (Å²) in [6.45, 7) is 14.5. The summed E-state index contributed by atoms with van der Waals surface area (Å²) in [4.78, 5) is 0. The fourth-order valence-corrected chi connectivity index (χ4v) is 5.00. The molecular weight excluding hydrogens is 427 g/mol. The van der Waals surface area contributed by atoms with Gasteiger partial charge in [-0.3, -0.25) is 6.08 Å². The molecule has 0 radical (unpaired) electrons. The van der Waals surface area contributed by atoms with Crippen LogP contribution in [0.3, 0.4) is 0 Å². The monoisotopic (exact) mass is 452 g/mol. The molecule has 132 valence electrons. The van der Waals surface area contributed by atoms with Gasteiger partial charge < -0.3 is 37.2 Å². The van der Waals surface area contributed by atoms with Gasteiger partial charge in [0.05, 0.1) is 8.07 Å². The van der Waals surface area contributed by atoms with E-state index in [1.54, 1.807) is 5.19 Å². The van der Waals surface area contributed by atoms with Gasteiger partial charge in [-0.05, 0) is 12.0 Å². The van der Waals surface area contributed by atoms with E-state index in [1.165, 1.54) is 16.3 Å². The smallest absolute Gasteiger partial charge is 1.00 e. The summed E-state index contributed by atoms with van der Waals surface area (Å²) in [5, 5.41) is 3.07. The van der Waals surface area contributed by atoms with Crippen LogP contribution in [0.4, 0.5) is 0 Å². The second-order valence-electron chi connectivity index (χ2n) is 7.93. The zero-order valence-electron chi connectivity index (χ0n) is 15.4. The van der Waals surface area contributed by atoms with Crippen molar-refractivity contribution in [3.8, 4) is 0 Å². The van der Waals surface area contributed by atoms with Crippen molar-refractivity contribution in [1.29, 1.82) is 0 Å². The van der Waals surface area contributed by atoms with Crippen LogP contribution in [0.5, 0.6) is 0 Å². The van der Waals surface area contributed by atoms with Crippen LogP contribution in [0.1, 0.15) is 12.0 Å². The van der Waals surface area contributed by atoms with Gasteiger partial charge in [0.2, 0.25) is 0 Å². The van der Waals surface area contributed by atoms with Crippen molar-refractivity contribution >= 4 is 21.3 Å². The molecule has 0 saturated carbocycles. The predicted molar refractivity (Wildman–Crippen MR) is 95.9 cm³/mol. The molecule has 0 unspecified atom stereocenters. The van der Waals surface area contributed by atoms with Crippen molar-refractivity contribution in [3.63, 3.8) is 0 Å². The molecule has 0 nitrogen and oxygen atoms in total. The molecule has 6 heteroatoms. The van der Waals surface area contributed by atoms with Crippen molar-refractivity contribution in [2.75, 3.05) is 0 Å². The Labute approximate surface area is 184 Å². The summed E-state index contributed by atoms with van der Waals surface area (Å²) in [5.74, 6) is 0. The molecule has 24 heavy (non-hydrogen) atoms. The van der Waals surface area contributed by atoms with Gasteiger partial charge in [-0.2, -0.15) is 5.57 Å². The first kappa shape index (κ1) is 29.5. The van der Waals surface area contributed by atoms with E-state index in [0.29, 0.717) is 0 Å². The molecule has 0 atom stereocenters. The fraction of sp³-hybridized carbons (Fsp3) is 0.444. The molecule has 0 fully saturated rings. The molecule has 0 saturated heterocycles. The van der Waals surface area contributed by atoms with Gasteiger partial charge in [-0.25, -0.2) is 11.3 Å². The molecule has 1 aliphatic rings. The van der Waals surface area contributed by atoms with E-state index in [1.807, 2.05) is 0 Å². The molecule has 0 bridgehead atoms. The third kappa shape index (κ3) is 8.40. The second-order valence-corrected chi connectivity index (χ2v) is 18.0. The summed E-state index contributed by atoms with van der Waals surface area (Å²) in [6, 6.07) is 9.22. The van der Waals surface area contributed by atoms with Crippen molar-refractivity contribution < 1.29 is 58.9 Å². The summed E-state index contributed by atoms with van der Waals surface area (Å²) >= 11 is 0. The zero-order valence-corrected chi connectivity index (χ0v) is 21.3. The maximum Gasteiger partial charge on any atom is 4.00 e. The van der Waals surface area contributed by atoms with Gasteiger partial charge in [-0.15, -0.1) is 0 Å². The second kappa shape index (κ2) is 11.4. The Morgan fingerprint density at radius 2 is 1.50 bits per heavy atom. The minimum absolute atomic E-state index is 0. The number of hydrogen-bond acceptors (Lipinski definition) is 0. The maximum atomic E-state index is 3.69. The van der Waals surface area contributed by atoms with Crippen LogP contribution >= 0.6 is 0 Å². The van der Waals surface area contributed by atoms with Crippen molar-refractivity contribution in [2.24, 2.45) is 0 Å². The third-order valence-electron chi connectivity index (χ3n) is 3.88. The molecule has 0 amide bonds. The summed E-state index contributed by atoms with van der Waals surface area (Å²) < 4.78 is 0. The Morgan fingerprint density at radius 1 is 0.917 bits per heavy atom. The van der Waals surface area contributed by atoms with Crippen LogP contribution in [0.2, 0.25) is 39.3 Å². The Morgan fingerprint density at radius 3 is 1.96 bits per heavy atom. The Kier molecular flexibility index (Phi) is 14.0. The van der Waals surface area contributed by atoms with Gasteiger partial charge in [-0.1, -0.05) is 75.2 Å². The van der Waals surface area contributed by atoms with Gasteiger partial charge in [0.1, 0.15) is 0 Å². The summed E-state index contributed by atoms with van der Waals surface area (Å²) in [6.07, 6.45) is 8.28. The molecule has 1 aliphatic carbocycles. The quantitative estimate of drug-likeness (QED) is 0.320. The molecular formula is C18H27Cl3Si2Ti. The fourth-order valence-electron chi connectivity index (χ4n) is 2.52. The van der Waals surface area contributed by atoms with Gasteiger partial charge >= 0.3 is 21.7 Å². The summed E-state index contributed by atoms with van der Waals surface area (Å²) in [7, 11) is -2.39. The van der Waals surface area contributed by atoms with Crippen LogP contribution in [0, 0.1) is 6.08 Å². The molecule has 0 aromatic heterocycles. The Hall–Kier alpha value is 0.718. The number of rotatable bonds is 4. The molecule has 2 rings (SSSR count). The maximum absolute atomic E-state index is 3.69. The first-order valence-electron chi connectivity index (χ1n) is 7.58. The number of halogens is 3. The minimum atomic E-state index is -1.20. The van der Waals surface area contributed by atoms with Gasteiger partial charge in [0.25, 0.3) is 0 Å². The average molecular weight is 454 g/mol. The Bertz CT molecular complexity index is 570. The molecule has 1 aromatic carbocycles. The van der Waals surface area contributed by atoms with Crippen LogP contribution < -0.4 is 42.4 Å². The first-order valence-corrected chi connectivity index (χ1v) is 14.6. The van der Waals surface area contributed by atoms with Crippen LogP contribution in [0.25, 0.3) is 0 Å². The van der Waals surface area contributed by atoms with Gasteiger partial charge in [0, 0.05) is 8.07 Å². The SMILES string of the molecule is C[Si](C)(C)C1=CCC(Cc2cccc([Si](C)(C)C)c2)=[C-]1.[Cl-].[Cl-].[Cl-].[Ti+4]. The first-order chi connectivity index (χ1) is 9.16. The van der Waals surface area contributed by atoms with Crippen LogP contribution in [-0.4, -0.2) is 16.1 Å². The number of hydrogen-bond donors (Lipinski definition) is 0.